The van der Waals surface area contributed by atoms with Crippen molar-refractivity contribution >= 4 is 11.6 Å². The van der Waals surface area contributed by atoms with E-state index in [4.69, 9.17) is 4.74 Å². The molecule has 34 heavy (non-hydrogen) atoms. The molecule has 0 atom stereocenters. The summed E-state index contributed by atoms with van der Waals surface area (Å²) in [4.78, 5) is 33.3. The van der Waals surface area contributed by atoms with Crippen LogP contribution in [0.5, 0.6) is 5.75 Å². The first-order chi connectivity index (χ1) is 16.2. The Balaban J connectivity index is 1.36. The lowest BCUT2D eigenvalue weighted by Crippen LogP contribution is -2.50. The molecule has 0 N–H and O–H groups in total. The number of ether oxygens (including phenoxy) is 1. The molecule has 7 nitrogen and oxygen atoms in total. The van der Waals surface area contributed by atoms with E-state index < -0.39 is 17.3 Å². The van der Waals surface area contributed by atoms with E-state index in [2.05, 4.69) is 9.88 Å². The summed E-state index contributed by atoms with van der Waals surface area (Å²) in [5, 5.41) is 0. The van der Waals surface area contributed by atoms with Crippen molar-refractivity contribution in [2.24, 2.45) is 0 Å². The fourth-order valence-corrected chi connectivity index (χ4v) is 3.79. The molecule has 0 unspecified atom stereocenters. The van der Waals surface area contributed by atoms with Crippen molar-refractivity contribution in [1.29, 1.82) is 0 Å². The van der Waals surface area contributed by atoms with Crippen molar-refractivity contribution in [3.05, 3.63) is 76.8 Å². The van der Waals surface area contributed by atoms with E-state index in [1.165, 1.54) is 29.1 Å². The summed E-state index contributed by atoms with van der Waals surface area (Å²) >= 11 is 0. The van der Waals surface area contributed by atoms with Crippen LogP contribution < -0.4 is 15.2 Å². The minimum Gasteiger partial charge on any atom is -0.497 e. The predicted molar refractivity (Wildman–Crippen MR) is 121 cm³/mol. The Bertz CT molecular complexity index is 1200. The molecule has 0 aliphatic carbocycles. The molecule has 1 saturated heterocycles. The molecule has 1 aliphatic rings. The monoisotopic (exact) mass is 472 g/mol. The Morgan fingerprint density at radius 1 is 1.00 bits per heavy atom. The summed E-state index contributed by atoms with van der Waals surface area (Å²) in [6.45, 7) is 2.23. The van der Waals surface area contributed by atoms with Gasteiger partial charge >= 0.3 is 6.18 Å². The van der Waals surface area contributed by atoms with Gasteiger partial charge in [0.2, 0.25) is 5.91 Å². The molecular formula is C24H23F3N4O3. The standard InChI is InChI=1S/C24H23F3N4O3/c1-34-20-8-6-19(7-9-20)29-10-12-30(13-11-29)23(33)15-31-16-28-21(14-22(31)32)17-2-4-18(5-3-17)24(25,26)27/h2-9,14,16H,10-13,15H2,1H3. The van der Waals surface area contributed by atoms with Crippen LogP contribution in [0.3, 0.4) is 0 Å². The summed E-state index contributed by atoms with van der Waals surface area (Å²) in [6, 6.07) is 13.4. The van der Waals surface area contributed by atoms with Crippen LogP contribution in [0.1, 0.15) is 5.56 Å². The summed E-state index contributed by atoms with van der Waals surface area (Å²) in [7, 11) is 1.61. The van der Waals surface area contributed by atoms with E-state index in [0.29, 0.717) is 31.7 Å². The van der Waals surface area contributed by atoms with Crippen LogP contribution >= 0.6 is 0 Å². The topological polar surface area (TPSA) is 67.7 Å². The second-order valence-corrected chi connectivity index (χ2v) is 7.88. The van der Waals surface area contributed by atoms with Gasteiger partial charge in [0.15, 0.2) is 0 Å². The highest BCUT2D eigenvalue weighted by Gasteiger charge is 2.30. The minimum absolute atomic E-state index is 0.151. The number of piperazine rings is 1. The molecule has 2 aromatic carbocycles. The SMILES string of the molecule is COc1ccc(N2CCN(C(=O)Cn3cnc(-c4ccc(C(F)(F)F)cc4)cc3=O)CC2)cc1. The van der Waals surface area contributed by atoms with Crippen molar-refractivity contribution in [1.82, 2.24) is 14.5 Å². The van der Waals surface area contributed by atoms with Crippen LogP contribution in [-0.4, -0.2) is 53.6 Å². The van der Waals surface area contributed by atoms with Crippen molar-refractivity contribution in [2.45, 2.75) is 12.7 Å². The van der Waals surface area contributed by atoms with Crippen molar-refractivity contribution in [3.8, 4) is 17.0 Å². The van der Waals surface area contributed by atoms with Gasteiger partial charge in [0.25, 0.3) is 5.56 Å². The molecule has 178 valence electrons. The van der Waals surface area contributed by atoms with Gasteiger partial charge < -0.3 is 14.5 Å². The zero-order chi connectivity index (χ0) is 24.3. The second kappa shape index (κ2) is 9.58. The number of carbonyl (C=O) groups excluding carboxylic acids is 1. The molecular weight excluding hydrogens is 449 g/mol. The highest BCUT2D eigenvalue weighted by molar-refractivity contribution is 5.76. The number of carbonyl (C=O) groups is 1. The van der Waals surface area contributed by atoms with Crippen LogP contribution in [0, 0.1) is 0 Å². The molecule has 3 aromatic rings. The maximum absolute atomic E-state index is 12.7. The predicted octanol–water partition coefficient (Wildman–Crippen LogP) is 3.29. The number of rotatable bonds is 5. The molecule has 1 amide bonds. The first kappa shape index (κ1) is 23.3. The van der Waals surface area contributed by atoms with Crippen LogP contribution in [-0.2, 0) is 17.5 Å². The third-order valence-electron chi connectivity index (χ3n) is 5.76. The van der Waals surface area contributed by atoms with Crippen molar-refractivity contribution in [2.75, 3.05) is 38.2 Å². The normalized spacial score (nSPS) is 14.2. The van der Waals surface area contributed by atoms with E-state index in [1.807, 2.05) is 24.3 Å². The zero-order valence-electron chi connectivity index (χ0n) is 18.5. The number of aromatic nitrogens is 2. The van der Waals surface area contributed by atoms with Gasteiger partial charge in [-0.25, -0.2) is 4.98 Å². The fraction of sp³-hybridized carbons (Fsp3) is 0.292. The van der Waals surface area contributed by atoms with Crippen LogP contribution in [0.15, 0.2) is 65.7 Å². The second-order valence-electron chi connectivity index (χ2n) is 7.88. The fourth-order valence-electron chi connectivity index (χ4n) is 3.79. The van der Waals surface area contributed by atoms with Gasteiger partial charge in [-0.1, -0.05) is 12.1 Å². The number of halogens is 3. The Labute approximate surface area is 194 Å². The molecule has 1 aliphatic heterocycles. The van der Waals surface area contributed by atoms with Gasteiger partial charge in [0, 0.05) is 43.5 Å². The average molecular weight is 472 g/mol. The van der Waals surface area contributed by atoms with Gasteiger partial charge in [0.1, 0.15) is 12.3 Å². The number of alkyl halides is 3. The van der Waals surface area contributed by atoms with E-state index in [9.17, 15) is 22.8 Å². The molecule has 1 aromatic heterocycles. The summed E-state index contributed by atoms with van der Waals surface area (Å²) in [6.07, 6.45) is -3.18. The van der Waals surface area contributed by atoms with E-state index in [1.54, 1.807) is 12.0 Å². The number of amides is 1. The quantitative estimate of drug-likeness (QED) is 0.570. The number of hydrogen-bond donors (Lipinski definition) is 0. The summed E-state index contributed by atoms with van der Waals surface area (Å²) in [5.41, 5.74) is 0.457. The lowest BCUT2D eigenvalue weighted by molar-refractivity contribution is -0.137. The Kier molecular flexibility index (Phi) is 6.58. The molecule has 2 heterocycles. The van der Waals surface area contributed by atoms with Gasteiger partial charge in [-0.05, 0) is 36.4 Å². The molecule has 10 heteroatoms. The maximum Gasteiger partial charge on any atom is 0.416 e. The zero-order valence-corrected chi connectivity index (χ0v) is 18.5. The van der Waals surface area contributed by atoms with Crippen LogP contribution in [0.4, 0.5) is 18.9 Å². The van der Waals surface area contributed by atoms with Gasteiger partial charge in [-0.2, -0.15) is 13.2 Å². The smallest absolute Gasteiger partial charge is 0.416 e. The number of benzene rings is 2. The highest BCUT2D eigenvalue weighted by atomic mass is 19.4. The van der Waals surface area contributed by atoms with Crippen molar-refractivity contribution in [3.63, 3.8) is 0 Å². The van der Waals surface area contributed by atoms with E-state index in [-0.39, 0.29) is 18.1 Å². The number of hydrogen-bond acceptors (Lipinski definition) is 5. The van der Waals surface area contributed by atoms with Gasteiger partial charge in [0.05, 0.1) is 24.7 Å². The molecule has 1 fully saturated rings. The van der Waals surface area contributed by atoms with Crippen LogP contribution in [0.25, 0.3) is 11.3 Å². The van der Waals surface area contributed by atoms with E-state index in [0.717, 1.165) is 23.6 Å². The van der Waals surface area contributed by atoms with Crippen molar-refractivity contribution < 1.29 is 22.7 Å². The van der Waals surface area contributed by atoms with Gasteiger partial charge in [-0.15, -0.1) is 0 Å². The Morgan fingerprint density at radius 2 is 1.65 bits per heavy atom. The van der Waals surface area contributed by atoms with Crippen LogP contribution in [0.2, 0.25) is 0 Å². The summed E-state index contributed by atoms with van der Waals surface area (Å²) < 4.78 is 44.6. The first-order valence-corrected chi connectivity index (χ1v) is 10.7. The lowest BCUT2D eigenvalue weighted by Gasteiger charge is -2.36. The number of methoxy groups -OCH3 is 1. The number of anilines is 1. The minimum atomic E-state index is -4.43. The number of nitrogens with zero attached hydrogens (tertiary/aromatic N) is 4. The van der Waals surface area contributed by atoms with Gasteiger partial charge in [-0.3, -0.25) is 14.2 Å². The largest absolute Gasteiger partial charge is 0.497 e. The maximum atomic E-state index is 12.7. The Hall–Kier alpha value is -3.82. The molecule has 0 bridgehead atoms. The first-order valence-electron chi connectivity index (χ1n) is 10.7. The highest BCUT2D eigenvalue weighted by Crippen LogP contribution is 2.30. The molecule has 0 radical (unpaired) electrons. The van der Waals surface area contributed by atoms with E-state index >= 15 is 0 Å². The molecule has 4 rings (SSSR count). The average Bonchev–Trinajstić information content (AvgIpc) is 2.85. The third kappa shape index (κ3) is 5.22. The lowest BCUT2D eigenvalue weighted by atomic mass is 10.1. The molecule has 0 spiro atoms. The Morgan fingerprint density at radius 3 is 2.21 bits per heavy atom. The third-order valence-corrected chi connectivity index (χ3v) is 5.76. The molecule has 0 saturated carbocycles. The summed E-state index contributed by atoms with van der Waals surface area (Å²) in [5.74, 6) is 0.585.